The molecule has 0 unspecified atom stereocenters. The normalized spacial score (nSPS) is 11.8. The zero-order valence-corrected chi connectivity index (χ0v) is 15.7. The summed E-state index contributed by atoms with van der Waals surface area (Å²) in [6.07, 6.45) is 1.36. The van der Waals surface area contributed by atoms with Gasteiger partial charge in [-0.2, -0.15) is 9.67 Å². The standard InChI is InChI=1S/C20H23N3O3/c1-13(2)26-19-21-17(14-8-10-15(11-9-14)20(3,4)5)23(22-19)18(24)16-7-6-12-25-16/h6-13H,1-5H3. The number of furan rings is 1. The highest BCUT2D eigenvalue weighted by Crippen LogP contribution is 2.27. The fraction of sp³-hybridized carbons (Fsp3) is 0.350. The number of carbonyl (C=O) groups excluding carboxylic acids is 1. The van der Waals surface area contributed by atoms with Gasteiger partial charge in [0.2, 0.25) is 0 Å². The van der Waals surface area contributed by atoms with Crippen molar-refractivity contribution >= 4 is 5.91 Å². The number of aromatic nitrogens is 3. The highest BCUT2D eigenvalue weighted by Gasteiger charge is 2.22. The van der Waals surface area contributed by atoms with Crippen LogP contribution in [0.15, 0.2) is 47.1 Å². The highest BCUT2D eigenvalue weighted by molar-refractivity contribution is 5.94. The molecule has 0 aliphatic carbocycles. The van der Waals surface area contributed by atoms with Gasteiger partial charge in [0.05, 0.1) is 12.4 Å². The molecule has 0 amide bonds. The van der Waals surface area contributed by atoms with E-state index in [1.54, 1.807) is 12.1 Å². The monoisotopic (exact) mass is 353 g/mol. The van der Waals surface area contributed by atoms with Crippen molar-refractivity contribution in [2.45, 2.75) is 46.1 Å². The fourth-order valence-corrected chi connectivity index (χ4v) is 2.51. The molecule has 26 heavy (non-hydrogen) atoms. The van der Waals surface area contributed by atoms with E-state index in [-0.39, 0.29) is 23.3 Å². The molecule has 136 valence electrons. The lowest BCUT2D eigenvalue weighted by Crippen LogP contribution is -2.15. The van der Waals surface area contributed by atoms with Crippen molar-refractivity contribution in [1.82, 2.24) is 14.8 Å². The Hall–Kier alpha value is -2.89. The Balaban J connectivity index is 2.04. The third-order valence-electron chi connectivity index (χ3n) is 3.86. The van der Waals surface area contributed by atoms with E-state index in [1.165, 1.54) is 16.5 Å². The largest absolute Gasteiger partial charge is 0.460 e. The smallest absolute Gasteiger partial charge is 0.336 e. The number of nitrogens with zero attached hydrogens (tertiary/aromatic N) is 3. The minimum Gasteiger partial charge on any atom is -0.460 e. The molecular formula is C20H23N3O3. The number of benzene rings is 1. The molecule has 0 spiro atoms. The molecule has 0 bridgehead atoms. The Morgan fingerprint density at radius 2 is 1.85 bits per heavy atom. The van der Waals surface area contributed by atoms with Crippen molar-refractivity contribution in [1.29, 1.82) is 0 Å². The molecule has 6 nitrogen and oxygen atoms in total. The van der Waals surface area contributed by atoms with Gasteiger partial charge in [-0.25, -0.2) is 0 Å². The summed E-state index contributed by atoms with van der Waals surface area (Å²) in [5.74, 6) is 0.220. The predicted molar refractivity (Wildman–Crippen MR) is 98.4 cm³/mol. The zero-order chi connectivity index (χ0) is 18.9. The van der Waals surface area contributed by atoms with Crippen molar-refractivity contribution in [2.75, 3.05) is 0 Å². The minimum absolute atomic E-state index is 0.0438. The summed E-state index contributed by atoms with van der Waals surface area (Å²) in [5, 5.41) is 4.23. The summed E-state index contributed by atoms with van der Waals surface area (Å²) in [5.41, 5.74) is 2.02. The quantitative estimate of drug-likeness (QED) is 0.699. The zero-order valence-electron chi connectivity index (χ0n) is 15.7. The highest BCUT2D eigenvalue weighted by atomic mass is 16.5. The van der Waals surface area contributed by atoms with E-state index >= 15 is 0 Å². The van der Waals surface area contributed by atoms with Gasteiger partial charge in [-0.3, -0.25) is 4.79 Å². The third-order valence-corrected chi connectivity index (χ3v) is 3.86. The molecule has 3 rings (SSSR count). The van der Waals surface area contributed by atoms with Gasteiger partial charge in [0.25, 0.3) is 0 Å². The second-order valence-electron chi connectivity index (χ2n) is 7.41. The number of rotatable bonds is 4. The Morgan fingerprint density at radius 1 is 1.15 bits per heavy atom. The first kappa shape index (κ1) is 17.9. The van der Waals surface area contributed by atoms with Crippen LogP contribution in [0.5, 0.6) is 6.01 Å². The summed E-state index contributed by atoms with van der Waals surface area (Å²) in [6, 6.07) is 11.4. The number of carbonyl (C=O) groups is 1. The molecule has 2 heterocycles. The van der Waals surface area contributed by atoms with Crippen molar-refractivity contribution in [3.05, 3.63) is 54.0 Å². The van der Waals surface area contributed by atoms with Gasteiger partial charge in [-0.15, -0.1) is 5.10 Å². The van der Waals surface area contributed by atoms with Crippen LogP contribution >= 0.6 is 0 Å². The first-order valence-corrected chi connectivity index (χ1v) is 8.58. The lowest BCUT2D eigenvalue weighted by molar-refractivity contribution is 0.0915. The molecule has 3 aromatic rings. The predicted octanol–water partition coefficient (Wildman–Crippen LogP) is 4.31. The van der Waals surface area contributed by atoms with Crippen LogP contribution < -0.4 is 4.74 Å². The topological polar surface area (TPSA) is 70.2 Å². The minimum atomic E-state index is -0.393. The first-order chi connectivity index (χ1) is 12.3. The summed E-state index contributed by atoms with van der Waals surface area (Å²) >= 11 is 0. The summed E-state index contributed by atoms with van der Waals surface area (Å²) in [4.78, 5) is 17.1. The lowest BCUT2D eigenvalue weighted by Gasteiger charge is -2.19. The molecular weight excluding hydrogens is 330 g/mol. The summed E-state index contributed by atoms with van der Waals surface area (Å²) in [7, 11) is 0. The van der Waals surface area contributed by atoms with E-state index in [4.69, 9.17) is 9.15 Å². The lowest BCUT2D eigenvalue weighted by atomic mass is 9.87. The van der Waals surface area contributed by atoms with Crippen LogP contribution in [0.1, 0.15) is 50.7 Å². The maximum Gasteiger partial charge on any atom is 0.336 e. The van der Waals surface area contributed by atoms with Gasteiger partial charge in [0, 0.05) is 5.56 Å². The van der Waals surface area contributed by atoms with Crippen molar-refractivity contribution < 1.29 is 13.9 Å². The van der Waals surface area contributed by atoms with Crippen molar-refractivity contribution in [3.8, 4) is 17.4 Å². The average molecular weight is 353 g/mol. The van der Waals surface area contributed by atoms with Crippen LogP contribution in [0, 0.1) is 0 Å². The third kappa shape index (κ3) is 3.69. The molecule has 0 N–H and O–H groups in total. The van der Waals surface area contributed by atoms with E-state index in [0.717, 1.165) is 5.56 Å². The van der Waals surface area contributed by atoms with E-state index < -0.39 is 5.91 Å². The Bertz CT molecular complexity index is 886. The molecule has 0 saturated carbocycles. The summed E-state index contributed by atoms with van der Waals surface area (Å²) in [6.45, 7) is 10.2. The molecule has 0 radical (unpaired) electrons. The summed E-state index contributed by atoms with van der Waals surface area (Å²) < 4.78 is 12.0. The molecule has 6 heteroatoms. The molecule has 0 fully saturated rings. The van der Waals surface area contributed by atoms with E-state index in [0.29, 0.717) is 5.82 Å². The SMILES string of the molecule is CC(C)Oc1nc(-c2ccc(C(C)(C)C)cc2)n(C(=O)c2ccco2)n1. The second kappa shape index (κ2) is 6.78. The van der Waals surface area contributed by atoms with Gasteiger partial charge in [-0.1, -0.05) is 45.0 Å². The second-order valence-corrected chi connectivity index (χ2v) is 7.41. The molecule has 2 aromatic heterocycles. The van der Waals surface area contributed by atoms with Gasteiger partial charge < -0.3 is 9.15 Å². The van der Waals surface area contributed by atoms with Gasteiger partial charge in [-0.05, 0) is 37.0 Å². The molecule has 0 saturated heterocycles. The first-order valence-electron chi connectivity index (χ1n) is 8.58. The van der Waals surface area contributed by atoms with Crippen LogP contribution in [0.2, 0.25) is 0 Å². The molecule has 0 atom stereocenters. The van der Waals surface area contributed by atoms with Crippen molar-refractivity contribution in [2.24, 2.45) is 0 Å². The average Bonchev–Trinajstić information content (AvgIpc) is 3.22. The maximum atomic E-state index is 12.7. The Morgan fingerprint density at radius 3 is 2.38 bits per heavy atom. The van der Waals surface area contributed by atoms with Gasteiger partial charge >= 0.3 is 11.9 Å². The number of hydrogen-bond acceptors (Lipinski definition) is 5. The van der Waals surface area contributed by atoms with E-state index in [9.17, 15) is 4.79 Å². The van der Waals surface area contributed by atoms with Gasteiger partial charge in [0.1, 0.15) is 0 Å². The molecule has 0 aliphatic heterocycles. The molecule has 0 aliphatic rings. The molecule has 1 aromatic carbocycles. The number of hydrogen-bond donors (Lipinski definition) is 0. The van der Waals surface area contributed by atoms with Crippen LogP contribution in [-0.4, -0.2) is 26.8 Å². The van der Waals surface area contributed by atoms with Crippen LogP contribution in [0.3, 0.4) is 0 Å². The van der Waals surface area contributed by atoms with Crippen LogP contribution in [0.25, 0.3) is 11.4 Å². The number of ether oxygens (including phenoxy) is 1. The van der Waals surface area contributed by atoms with E-state index in [1.807, 2.05) is 38.1 Å². The van der Waals surface area contributed by atoms with E-state index in [2.05, 4.69) is 30.9 Å². The Labute approximate surface area is 152 Å². The van der Waals surface area contributed by atoms with Crippen molar-refractivity contribution in [3.63, 3.8) is 0 Å². The van der Waals surface area contributed by atoms with Crippen LogP contribution in [-0.2, 0) is 5.41 Å². The maximum absolute atomic E-state index is 12.7. The fourth-order valence-electron chi connectivity index (χ4n) is 2.51. The Kier molecular flexibility index (Phi) is 4.68. The van der Waals surface area contributed by atoms with Crippen LogP contribution in [0.4, 0.5) is 0 Å². The van der Waals surface area contributed by atoms with Gasteiger partial charge in [0.15, 0.2) is 11.6 Å².